The quantitative estimate of drug-likeness (QED) is 0.881. The number of pyridine rings is 1. The molecule has 6 heteroatoms. The van der Waals surface area contributed by atoms with E-state index in [1.807, 2.05) is 0 Å². The molecular weight excluding hydrogens is 345 g/mol. The van der Waals surface area contributed by atoms with Crippen molar-refractivity contribution in [3.8, 4) is 0 Å². The maximum absolute atomic E-state index is 13.6. The Balaban J connectivity index is 1.58. The summed E-state index contributed by atoms with van der Waals surface area (Å²) in [5, 5.41) is 2.73. The number of likely N-dealkylation sites (tertiary alicyclic amines) is 1. The lowest BCUT2D eigenvalue weighted by Gasteiger charge is -2.30. The first-order valence-electron chi connectivity index (χ1n) is 9.32. The van der Waals surface area contributed by atoms with Gasteiger partial charge in [0, 0.05) is 19.6 Å². The van der Waals surface area contributed by atoms with E-state index in [-0.39, 0.29) is 29.0 Å². The van der Waals surface area contributed by atoms with Gasteiger partial charge in [0.25, 0.3) is 11.8 Å². The van der Waals surface area contributed by atoms with E-state index in [1.54, 1.807) is 41.3 Å². The van der Waals surface area contributed by atoms with Gasteiger partial charge in [-0.15, -0.1) is 0 Å². The van der Waals surface area contributed by atoms with Crippen LogP contribution in [0, 0.1) is 11.7 Å². The largest absolute Gasteiger partial charge is 0.350 e. The van der Waals surface area contributed by atoms with Crippen LogP contribution in [-0.2, 0) is 6.42 Å². The number of benzene rings is 1. The Morgan fingerprint density at radius 1 is 1.11 bits per heavy atom. The number of rotatable bonds is 5. The van der Waals surface area contributed by atoms with Crippen LogP contribution in [-0.4, -0.2) is 41.3 Å². The lowest BCUT2D eigenvalue weighted by molar-refractivity contribution is 0.0691. The average Bonchev–Trinajstić information content (AvgIpc) is 2.69. The number of hydrogen-bond donors (Lipinski definition) is 1. The van der Waals surface area contributed by atoms with E-state index in [9.17, 15) is 14.0 Å². The summed E-state index contributed by atoms with van der Waals surface area (Å²) < 4.78 is 13.6. The maximum Gasteiger partial charge on any atom is 0.272 e. The number of amides is 2. The van der Waals surface area contributed by atoms with Gasteiger partial charge >= 0.3 is 0 Å². The van der Waals surface area contributed by atoms with Crippen LogP contribution in [0.5, 0.6) is 0 Å². The molecule has 142 valence electrons. The van der Waals surface area contributed by atoms with E-state index >= 15 is 0 Å². The average molecular weight is 369 g/mol. The van der Waals surface area contributed by atoms with Crippen molar-refractivity contribution >= 4 is 11.8 Å². The summed E-state index contributed by atoms with van der Waals surface area (Å²) in [6, 6.07) is 11.4. The molecule has 0 bridgehead atoms. The molecule has 0 spiro atoms. The Hall–Kier alpha value is -2.76. The number of aromatic nitrogens is 1. The lowest BCUT2D eigenvalue weighted by atomic mass is 9.99. The first kappa shape index (κ1) is 19.0. The summed E-state index contributed by atoms with van der Waals surface area (Å²) in [6.45, 7) is 3.93. The molecule has 1 aromatic carbocycles. The zero-order chi connectivity index (χ0) is 19.2. The van der Waals surface area contributed by atoms with E-state index in [0.29, 0.717) is 24.4 Å². The molecule has 1 saturated heterocycles. The summed E-state index contributed by atoms with van der Waals surface area (Å²) in [5.41, 5.74) is 1.03. The second-order valence-electron chi connectivity index (χ2n) is 6.98. The van der Waals surface area contributed by atoms with Crippen LogP contribution in [0.15, 0.2) is 42.5 Å². The molecule has 5 nitrogen and oxygen atoms in total. The van der Waals surface area contributed by atoms with Crippen molar-refractivity contribution in [2.75, 3.05) is 19.6 Å². The van der Waals surface area contributed by atoms with Gasteiger partial charge in [0.15, 0.2) is 0 Å². The number of nitrogens with zero attached hydrogens (tertiary/aromatic N) is 2. The standard InChI is InChI=1S/C21H24FN3O2/c1-15-10-13-25(14-11-15)21(27)19-8-4-7-18(24-19)20(26)23-12-9-16-5-2-3-6-17(16)22/h2-8,15H,9-14H2,1H3,(H,23,26). The topological polar surface area (TPSA) is 62.3 Å². The smallest absolute Gasteiger partial charge is 0.272 e. The predicted molar refractivity (Wildman–Crippen MR) is 101 cm³/mol. The highest BCUT2D eigenvalue weighted by atomic mass is 19.1. The van der Waals surface area contributed by atoms with Gasteiger partial charge < -0.3 is 10.2 Å². The molecule has 0 radical (unpaired) electrons. The van der Waals surface area contributed by atoms with Crippen molar-refractivity contribution < 1.29 is 14.0 Å². The van der Waals surface area contributed by atoms with Crippen LogP contribution >= 0.6 is 0 Å². The third-order valence-corrected chi connectivity index (χ3v) is 4.91. The molecule has 1 fully saturated rings. The minimum absolute atomic E-state index is 0.136. The second-order valence-corrected chi connectivity index (χ2v) is 6.98. The molecule has 0 saturated carbocycles. The second kappa shape index (κ2) is 8.75. The van der Waals surface area contributed by atoms with Gasteiger partial charge in [-0.25, -0.2) is 9.37 Å². The van der Waals surface area contributed by atoms with Gasteiger partial charge in [0.1, 0.15) is 17.2 Å². The molecule has 1 aliphatic heterocycles. The van der Waals surface area contributed by atoms with Crippen LogP contribution in [0.2, 0.25) is 0 Å². The number of carbonyl (C=O) groups excluding carboxylic acids is 2. The van der Waals surface area contributed by atoms with E-state index in [1.165, 1.54) is 6.07 Å². The number of hydrogen-bond acceptors (Lipinski definition) is 3. The van der Waals surface area contributed by atoms with E-state index in [0.717, 1.165) is 25.9 Å². The fourth-order valence-corrected chi connectivity index (χ4v) is 3.16. The minimum Gasteiger partial charge on any atom is -0.350 e. The summed E-state index contributed by atoms with van der Waals surface area (Å²) in [7, 11) is 0. The summed E-state index contributed by atoms with van der Waals surface area (Å²) in [4.78, 5) is 31.0. The maximum atomic E-state index is 13.6. The number of nitrogens with one attached hydrogen (secondary N) is 1. The lowest BCUT2D eigenvalue weighted by Crippen LogP contribution is -2.38. The van der Waals surface area contributed by atoms with Gasteiger partial charge in [-0.3, -0.25) is 9.59 Å². The summed E-state index contributed by atoms with van der Waals surface area (Å²) in [6.07, 6.45) is 2.37. The SMILES string of the molecule is CC1CCN(C(=O)c2cccc(C(=O)NCCc3ccccc3F)n2)CC1. The minimum atomic E-state index is -0.367. The van der Waals surface area contributed by atoms with Crippen molar-refractivity contribution in [2.24, 2.45) is 5.92 Å². The monoisotopic (exact) mass is 369 g/mol. The zero-order valence-electron chi connectivity index (χ0n) is 15.5. The third kappa shape index (κ3) is 4.90. The van der Waals surface area contributed by atoms with Crippen LogP contribution < -0.4 is 5.32 Å². The first-order valence-corrected chi connectivity index (χ1v) is 9.32. The van der Waals surface area contributed by atoms with Gasteiger partial charge in [0.05, 0.1) is 0 Å². The highest BCUT2D eigenvalue weighted by molar-refractivity contribution is 5.96. The molecule has 1 N–H and O–H groups in total. The van der Waals surface area contributed by atoms with Gasteiger partial charge in [-0.1, -0.05) is 31.2 Å². The van der Waals surface area contributed by atoms with Crippen LogP contribution in [0.3, 0.4) is 0 Å². The molecule has 0 aliphatic carbocycles. The van der Waals surface area contributed by atoms with E-state index in [4.69, 9.17) is 0 Å². The van der Waals surface area contributed by atoms with Gasteiger partial charge in [-0.2, -0.15) is 0 Å². The molecule has 0 atom stereocenters. The van der Waals surface area contributed by atoms with E-state index in [2.05, 4.69) is 17.2 Å². The van der Waals surface area contributed by atoms with Crippen molar-refractivity contribution in [3.05, 3.63) is 65.2 Å². The normalized spacial score (nSPS) is 14.8. The fourth-order valence-electron chi connectivity index (χ4n) is 3.16. The first-order chi connectivity index (χ1) is 13.0. The highest BCUT2D eigenvalue weighted by Gasteiger charge is 2.23. The number of halogens is 1. The Labute approximate surface area is 158 Å². The Kier molecular flexibility index (Phi) is 6.16. The zero-order valence-corrected chi connectivity index (χ0v) is 15.5. The molecule has 2 amide bonds. The third-order valence-electron chi connectivity index (χ3n) is 4.91. The van der Waals surface area contributed by atoms with Gasteiger partial charge in [-0.05, 0) is 48.9 Å². The molecule has 2 aromatic rings. The molecule has 1 aliphatic rings. The Bertz CT molecular complexity index is 817. The predicted octanol–water partition coefficient (Wildman–Crippen LogP) is 3.07. The van der Waals surface area contributed by atoms with Gasteiger partial charge in [0.2, 0.25) is 0 Å². The molecule has 0 unspecified atom stereocenters. The fraction of sp³-hybridized carbons (Fsp3) is 0.381. The Morgan fingerprint density at radius 3 is 2.56 bits per heavy atom. The molecular formula is C21H24FN3O2. The summed E-state index contributed by atoms with van der Waals surface area (Å²) >= 11 is 0. The van der Waals surface area contributed by atoms with Crippen LogP contribution in [0.4, 0.5) is 4.39 Å². The van der Waals surface area contributed by atoms with Crippen molar-refractivity contribution in [1.82, 2.24) is 15.2 Å². The van der Waals surface area contributed by atoms with Crippen molar-refractivity contribution in [2.45, 2.75) is 26.2 Å². The van der Waals surface area contributed by atoms with E-state index < -0.39 is 0 Å². The van der Waals surface area contributed by atoms with Crippen LogP contribution in [0.25, 0.3) is 0 Å². The molecule has 2 heterocycles. The Morgan fingerprint density at radius 2 is 1.81 bits per heavy atom. The van der Waals surface area contributed by atoms with Crippen molar-refractivity contribution in [1.29, 1.82) is 0 Å². The molecule has 3 rings (SSSR count). The van der Waals surface area contributed by atoms with Crippen molar-refractivity contribution in [3.63, 3.8) is 0 Å². The van der Waals surface area contributed by atoms with Crippen LogP contribution in [0.1, 0.15) is 46.3 Å². The summed E-state index contributed by atoms with van der Waals surface area (Å²) in [5.74, 6) is -0.155. The number of piperidine rings is 1. The number of carbonyl (C=O) groups is 2. The molecule has 27 heavy (non-hydrogen) atoms. The molecule has 1 aromatic heterocycles. The highest BCUT2D eigenvalue weighted by Crippen LogP contribution is 2.17.